The van der Waals surface area contributed by atoms with E-state index in [1.807, 2.05) is 24.1 Å². The summed E-state index contributed by atoms with van der Waals surface area (Å²) in [6.45, 7) is 6.38. The molecular weight excluding hydrogens is 188 g/mol. The molecule has 0 fully saturated rings. The maximum absolute atomic E-state index is 4.07. The van der Waals surface area contributed by atoms with E-state index < -0.39 is 0 Å². The second-order valence-electron chi connectivity index (χ2n) is 3.78. The van der Waals surface area contributed by atoms with Crippen molar-refractivity contribution >= 4 is 0 Å². The molecule has 4 nitrogen and oxygen atoms in total. The molecule has 0 aromatic carbocycles. The minimum absolute atomic E-state index is 0.907. The number of nitrogens with one attached hydrogen (secondary N) is 2. The molecule has 15 heavy (non-hydrogen) atoms. The predicted molar refractivity (Wildman–Crippen MR) is 62.7 cm³/mol. The van der Waals surface area contributed by atoms with Crippen LogP contribution in [0, 0.1) is 0 Å². The summed E-state index contributed by atoms with van der Waals surface area (Å²) in [5, 5.41) is 6.79. The topological polar surface area (TPSA) is 41.9 Å². The molecule has 0 amide bonds. The number of imidazole rings is 1. The van der Waals surface area contributed by atoms with Crippen LogP contribution in [-0.2, 0) is 13.6 Å². The van der Waals surface area contributed by atoms with Gasteiger partial charge in [0.25, 0.3) is 0 Å². The number of hydrogen-bond donors (Lipinski definition) is 2. The highest BCUT2D eigenvalue weighted by Gasteiger charge is 1.96. The molecule has 0 saturated heterocycles. The normalized spacial score (nSPS) is 10.8. The molecule has 0 spiro atoms. The van der Waals surface area contributed by atoms with Crippen LogP contribution in [0.5, 0.6) is 0 Å². The first-order chi connectivity index (χ1) is 7.34. The molecule has 2 N–H and O–H groups in total. The lowest BCUT2D eigenvalue weighted by atomic mass is 10.4. The predicted octanol–water partition coefficient (Wildman–Crippen LogP) is 0.899. The quantitative estimate of drug-likeness (QED) is 0.626. The average Bonchev–Trinajstić information content (AvgIpc) is 2.63. The van der Waals surface area contributed by atoms with Crippen molar-refractivity contribution < 1.29 is 0 Å². The summed E-state index contributed by atoms with van der Waals surface area (Å²) in [6, 6.07) is 0. The molecule has 0 atom stereocenters. The van der Waals surface area contributed by atoms with Crippen LogP contribution in [0.15, 0.2) is 12.5 Å². The smallest absolute Gasteiger partial charge is 0.0945 e. The Labute approximate surface area is 92.1 Å². The van der Waals surface area contributed by atoms with Gasteiger partial charge in [0.05, 0.1) is 12.0 Å². The Hall–Kier alpha value is -0.870. The number of aromatic nitrogens is 2. The fraction of sp³-hybridized carbons (Fsp3) is 0.727. The molecule has 1 rings (SSSR count). The highest BCUT2D eigenvalue weighted by Crippen LogP contribution is 1.94. The van der Waals surface area contributed by atoms with E-state index in [-0.39, 0.29) is 0 Å². The number of aryl methyl sites for hydroxylation is 1. The third-order valence-electron chi connectivity index (χ3n) is 2.36. The zero-order valence-corrected chi connectivity index (χ0v) is 9.79. The van der Waals surface area contributed by atoms with Crippen molar-refractivity contribution in [2.45, 2.75) is 26.3 Å². The Morgan fingerprint density at radius 3 is 2.73 bits per heavy atom. The number of nitrogens with zero attached hydrogens (tertiary/aromatic N) is 2. The van der Waals surface area contributed by atoms with Crippen molar-refractivity contribution in [1.82, 2.24) is 20.2 Å². The molecular formula is C11H22N4. The van der Waals surface area contributed by atoms with Crippen LogP contribution in [0.1, 0.15) is 25.5 Å². The first kappa shape index (κ1) is 12.2. The van der Waals surface area contributed by atoms with E-state index in [2.05, 4.69) is 22.5 Å². The Bertz CT molecular complexity index is 257. The number of hydrogen-bond acceptors (Lipinski definition) is 3. The van der Waals surface area contributed by atoms with Gasteiger partial charge in [-0.3, -0.25) is 0 Å². The van der Waals surface area contributed by atoms with Gasteiger partial charge in [-0.1, -0.05) is 6.92 Å². The molecule has 4 heteroatoms. The van der Waals surface area contributed by atoms with Crippen LogP contribution in [0.25, 0.3) is 0 Å². The molecule has 0 aliphatic heterocycles. The van der Waals surface area contributed by atoms with E-state index in [4.69, 9.17) is 0 Å². The van der Waals surface area contributed by atoms with Crippen LogP contribution in [0.3, 0.4) is 0 Å². The summed E-state index contributed by atoms with van der Waals surface area (Å²) >= 11 is 0. The highest BCUT2D eigenvalue weighted by atomic mass is 15.0. The monoisotopic (exact) mass is 210 g/mol. The van der Waals surface area contributed by atoms with Crippen LogP contribution in [-0.4, -0.2) is 29.2 Å². The van der Waals surface area contributed by atoms with Gasteiger partial charge in [-0.25, -0.2) is 4.98 Å². The second-order valence-corrected chi connectivity index (χ2v) is 3.78. The molecule has 0 radical (unpaired) electrons. The van der Waals surface area contributed by atoms with Gasteiger partial charge >= 0.3 is 0 Å². The van der Waals surface area contributed by atoms with E-state index >= 15 is 0 Å². The van der Waals surface area contributed by atoms with Crippen LogP contribution in [0.4, 0.5) is 0 Å². The highest BCUT2D eigenvalue weighted by molar-refractivity contribution is 4.96. The molecule has 0 aliphatic rings. The first-order valence-corrected chi connectivity index (χ1v) is 5.71. The Kier molecular flexibility index (Phi) is 6.04. The molecule has 1 aromatic heterocycles. The summed E-state index contributed by atoms with van der Waals surface area (Å²) in [6.07, 6.45) is 6.13. The summed E-state index contributed by atoms with van der Waals surface area (Å²) < 4.78 is 2.04. The van der Waals surface area contributed by atoms with Gasteiger partial charge < -0.3 is 15.2 Å². The van der Waals surface area contributed by atoms with Crippen LogP contribution < -0.4 is 10.6 Å². The maximum atomic E-state index is 4.07. The minimum atomic E-state index is 0.907. The molecule has 1 heterocycles. The largest absolute Gasteiger partial charge is 0.337 e. The molecule has 0 bridgehead atoms. The van der Waals surface area contributed by atoms with E-state index in [9.17, 15) is 0 Å². The van der Waals surface area contributed by atoms with Crippen molar-refractivity contribution in [3.05, 3.63) is 18.2 Å². The minimum Gasteiger partial charge on any atom is -0.337 e. The van der Waals surface area contributed by atoms with Gasteiger partial charge in [0.15, 0.2) is 0 Å². The van der Waals surface area contributed by atoms with E-state index in [0.29, 0.717) is 0 Å². The van der Waals surface area contributed by atoms with Gasteiger partial charge in [-0.2, -0.15) is 0 Å². The lowest BCUT2D eigenvalue weighted by Gasteiger charge is -2.05. The van der Waals surface area contributed by atoms with E-state index in [0.717, 1.165) is 26.2 Å². The third kappa shape index (κ3) is 4.95. The fourth-order valence-corrected chi connectivity index (χ4v) is 1.41. The van der Waals surface area contributed by atoms with Crippen molar-refractivity contribution in [3.63, 3.8) is 0 Å². The van der Waals surface area contributed by atoms with Gasteiger partial charge in [0.2, 0.25) is 0 Å². The van der Waals surface area contributed by atoms with Gasteiger partial charge in [0, 0.05) is 19.8 Å². The molecule has 86 valence electrons. The Morgan fingerprint density at radius 1 is 1.27 bits per heavy atom. The van der Waals surface area contributed by atoms with E-state index in [1.165, 1.54) is 18.5 Å². The summed E-state index contributed by atoms with van der Waals surface area (Å²) in [5.74, 6) is 0. The van der Waals surface area contributed by atoms with Gasteiger partial charge in [-0.05, 0) is 32.5 Å². The Balaban J connectivity index is 1.96. The lowest BCUT2D eigenvalue weighted by molar-refractivity contribution is 0.582. The molecule has 0 unspecified atom stereocenters. The summed E-state index contributed by atoms with van der Waals surface area (Å²) in [5.41, 5.74) is 1.23. The van der Waals surface area contributed by atoms with Crippen molar-refractivity contribution in [2.75, 3.05) is 19.6 Å². The zero-order valence-electron chi connectivity index (χ0n) is 9.79. The second kappa shape index (κ2) is 7.43. The first-order valence-electron chi connectivity index (χ1n) is 5.71. The molecule has 0 saturated carbocycles. The maximum Gasteiger partial charge on any atom is 0.0945 e. The zero-order chi connectivity index (χ0) is 10.9. The van der Waals surface area contributed by atoms with Crippen LogP contribution in [0.2, 0.25) is 0 Å². The third-order valence-corrected chi connectivity index (χ3v) is 2.36. The summed E-state index contributed by atoms with van der Waals surface area (Å²) in [4.78, 5) is 4.07. The summed E-state index contributed by atoms with van der Waals surface area (Å²) in [7, 11) is 2.02. The molecule has 1 aromatic rings. The fourth-order valence-electron chi connectivity index (χ4n) is 1.41. The lowest BCUT2D eigenvalue weighted by Crippen LogP contribution is -2.22. The van der Waals surface area contributed by atoms with Crippen molar-refractivity contribution in [3.8, 4) is 0 Å². The van der Waals surface area contributed by atoms with Crippen molar-refractivity contribution in [1.29, 1.82) is 0 Å². The SMILES string of the molecule is CCCNCCCNCc1cncn1C. The van der Waals surface area contributed by atoms with Crippen LogP contribution >= 0.6 is 0 Å². The Morgan fingerprint density at radius 2 is 2.07 bits per heavy atom. The average molecular weight is 210 g/mol. The van der Waals surface area contributed by atoms with E-state index in [1.54, 1.807) is 0 Å². The number of rotatable bonds is 8. The van der Waals surface area contributed by atoms with Crippen molar-refractivity contribution in [2.24, 2.45) is 7.05 Å². The van der Waals surface area contributed by atoms with Gasteiger partial charge in [-0.15, -0.1) is 0 Å². The standard InChI is InChI=1S/C11H22N4/c1-3-5-12-6-4-7-13-8-11-9-14-10-15(11)2/h9-10,12-13H,3-8H2,1-2H3. The van der Waals surface area contributed by atoms with Gasteiger partial charge in [0.1, 0.15) is 0 Å². The molecule has 0 aliphatic carbocycles.